The van der Waals surface area contributed by atoms with Gasteiger partial charge in [-0.3, -0.25) is 0 Å². The van der Waals surface area contributed by atoms with Gasteiger partial charge in [0, 0.05) is 5.41 Å². The van der Waals surface area contributed by atoms with Gasteiger partial charge in [0.1, 0.15) is 0 Å². The van der Waals surface area contributed by atoms with E-state index < -0.39 is 0 Å². The molecule has 0 heterocycles. The van der Waals surface area contributed by atoms with Crippen LogP contribution in [0, 0.1) is 17.3 Å². The van der Waals surface area contributed by atoms with E-state index in [1.807, 2.05) is 0 Å². The van der Waals surface area contributed by atoms with Crippen molar-refractivity contribution in [3.8, 4) is 11.8 Å². The second-order valence-corrected chi connectivity index (χ2v) is 6.87. The van der Waals surface area contributed by atoms with Crippen LogP contribution in [0.25, 0.3) is 0 Å². The van der Waals surface area contributed by atoms with Crippen LogP contribution in [0.15, 0.2) is 23.2 Å². The zero-order valence-corrected chi connectivity index (χ0v) is 13.9. The van der Waals surface area contributed by atoms with E-state index in [9.17, 15) is 0 Å². The molecule has 1 nitrogen and oxygen atoms in total. The summed E-state index contributed by atoms with van der Waals surface area (Å²) in [6.45, 7) is 15.2. The lowest BCUT2D eigenvalue weighted by atomic mass is 9.93. The molecule has 20 heavy (non-hydrogen) atoms. The third kappa shape index (κ3) is 4.85. The van der Waals surface area contributed by atoms with Crippen LogP contribution < -0.4 is 0 Å². The lowest BCUT2D eigenvalue weighted by Crippen LogP contribution is -1.99. The summed E-state index contributed by atoms with van der Waals surface area (Å²) in [5.74, 6) is 7.19. The minimum absolute atomic E-state index is 0.0183. The van der Waals surface area contributed by atoms with Crippen molar-refractivity contribution >= 4 is 11.9 Å². The summed E-state index contributed by atoms with van der Waals surface area (Å²) in [5.41, 5.74) is 3.71. The molecule has 1 aromatic carbocycles. The third-order valence-corrected chi connectivity index (χ3v) is 3.05. The molecule has 0 saturated carbocycles. The van der Waals surface area contributed by atoms with Gasteiger partial charge < -0.3 is 0 Å². The summed E-state index contributed by atoms with van der Waals surface area (Å²) in [7, 11) is 0. The molecule has 0 N–H and O–H groups in total. The monoisotopic (exact) mass is 269 g/mol. The highest BCUT2D eigenvalue weighted by molar-refractivity contribution is 5.82. The summed E-state index contributed by atoms with van der Waals surface area (Å²) >= 11 is 0. The second-order valence-electron chi connectivity index (χ2n) is 6.87. The average Bonchev–Trinajstić information content (AvgIpc) is 2.32. The Morgan fingerprint density at radius 3 is 1.90 bits per heavy atom. The van der Waals surface area contributed by atoms with Gasteiger partial charge in [0.25, 0.3) is 0 Å². The largest absolute Gasteiger partial charge is 0.247 e. The molecule has 0 amide bonds. The lowest BCUT2D eigenvalue weighted by molar-refractivity contribution is 0.571. The summed E-state index contributed by atoms with van der Waals surface area (Å²) in [4.78, 5) is 4.65. The maximum Gasteiger partial charge on any atom is 0.0774 e. The topological polar surface area (TPSA) is 12.4 Å². The average molecular weight is 269 g/mol. The third-order valence-electron chi connectivity index (χ3n) is 3.05. The SMILES string of the molecule is CC(C)c1cccc(C(C)C)c1N=CC#CC(C)(C)C. The van der Waals surface area contributed by atoms with Gasteiger partial charge in [-0.2, -0.15) is 0 Å². The Balaban J connectivity index is 3.20. The molecule has 0 unspecified atom stereocenters. The van der Waals surface area contributed by atoms with Crippen molar-refractivity contribution in [2.45, 2.75) is 60.3 Å². The smallest absolute Gasteiger partial charge is 0.0774 e. The number of aliphatic imine (C=N–C) groups is 1. The number of hydrogen-bond donors (Lipinski definition) is 0. The van der Waals surface area contributed by atoms with Crippen LogP contribution in [-0.2, 0) is 0 Å². The van der Waals surface area contributed by atoms with Crippen molar-refractivity contribution in [1.82, 2.24) is 0 Å². The minimum atomic E-state index is 0.0183. The van der Waals surface area contributed by atoms with Crippen molar-refractivity contribution in [1.29, 1.82) is 0 Å². The van der Waals surface area contributed by atoms with E-state index >= 15 is 0 Å². The standard InChI is InChI=1S/C19H27N/c1-14(2)16-10-8-11-17(15(3)4)18(16)20-13-9-12-19(5,6)7/h8,10-11,13-15H,1-7H3. The molecule has 0 atom stereocenters. The first-order chi connectivity index (χ1) is 9.22. The molecule has 0 bridgehead atoms. The van der Waals surface area contributed by atoms with Crippen LogP contribution in [0.5, 0.6) is 0 Å². The van der Waals surface area contributed by atoms with Gasteiger partial charge in [-0.25, -0.2) is 4.99 Å². The lowest BCUT2D eigenvalue weighted by Gasteiger charge is -2.15. The number of hydrogen-bond acceptors (Lipinski definition) is 1. The van der Waals surface area contributed by atoms with Gasteiger partial charge in [0.05, 0.1) is 11.9 Å². The molecule has 0 spiro atoms. The molecule has 0 aliphatic rings. The van der Waals surface area contributed by atoms with E-state index in [0.717, 1.165) is 5.69 Å². The number of rotatable bonds is 3. The van der Waals surface area contributed by atoms with Crippen molar-refractivity contribution in [2.75, 3.05) is 0 Å². The van der Waals surface area contributed by atoms with E-state index in [4.69, 9.17) is 0 Å². The molecule has 0 saturated heterocycles. The normalized spacial score (nSPS) is 12.1. The van der Waals surface area contributed by atoms with Crippen molar-refractivity contribution in [2.24, 2.45) is 10.4 Å². The van der Waals surface area contributed by atoms with Crippen LogP contribution >= 0.6 is 0 Å². The van der Waals surface area contributed by atoms with Gasteiger partial charge in [-0.05, 0) is 43.7 Å². The van der Waals surface area contributed by atoms with Crippen LogP contribution in [0.1, 0.15) is 71.4 Å². The number of nitrogens with zero attached hydrogens (tertiary/aromatic N) is 1. The van der Waals surface area contributed by atoms with Crippen LogP contribution in [0.2, 0.25) is 0 Å². The summed E-state index contributed by atoms with van der Waals surface area (Å²) < 4.78 is 0. The minimum Gasteiger partial charge on any atom is -0.247 e. The molecule has 1 aromatic rings. The maximum absolute atomic E-state index is 4.65. The summed E-state index contributed by atoms with van der Waals surface area (Å²) in [6, 6.07) is 6.46. The molecule has 1 rings (SSSR count). The Morgan fingerprint density at radius 1 is 1.00 bits per heavy atom. The van der Waals surface area contributed by atoms with Crippen molar-refractivity contribution in [3.05, 3.63) is 29.3 Å². The quantitative estimate of drug-likeness (QED) is 0.494. The number of para-hydroxylation sites is 1. The predicted octanol–water partition coefficient (Wildman–Crippen LogP) is 5.69. The second kappa shape index (κ2) is 6.75. The molecule has 0 aliphatic carbocycles. The van der Waals surface area contributed by atoms with Crippen LogP contribution in [0.3, 0.4) is 0 Å². The van der Waals surface area contributed by atoms with Crippen LogP contribution in [0.4, 0.5) is 5.69 Å². The summed E-state index contributed by atoms with van der Waals surface area (Å²) in [6.07, 6.45) is 1.75. The van der Waals surface area contributed by atoms with Gasteiger partial charge in [-0.15, -0.1) is 0 Å². The highest BCUT2D eigenvalue weighted by Crippen LogP contribution is 2.34. The Bertz CT molecular complexity index is 505. The highest BCUT2D eigenvalue weighted by atomic mass is 14.7. The van der Waals surface area contributed by atoms with E-state index in [1.54, 1.807) is 6.21 Å². The highest BCUT2D eigenvalue weighted by Gasteiger charge is 2.12. The first-order valence-electron chi connectivity index (χ1n) is 7.40. The zero-order chi connectivity index (χ0) is 15.3. The Hall–Kier alpha value is -1.55. The van der Waals surface area contributed by atoms with Gasteiger partial charge in [0.2, 0.25) is 0 Å². The first kappa shape index (κ1) is 16.5. The fraction of sp³-hybridized carbons (Fsp3) is 0.526. The molecular formula is C19H27N. The molecule has 1 heteroatoms. The maximum atomic E-state index is 4.65. The van der Waals surface area contributed by atoms with Gasteiger partial charge in [-0.1, -0.05) is 57.7 Å². The molecule has 0 fully saturated rings. The molecule has 0 aliphatic heterocycles. The first-order valence-corrected chi connectivity index (χ1v) is 7.40. The Kier molecular flexibility index (Phi) is 5.57. The predicted molar refractivity (Wildman–Crippen MR) is 90.0 cm³/mol. The van der Waals surface area contributed by atoms with Crippen molar-refractivity contribution in [3.63, 3.8) is 0 Å². The molecule has 108 valence electrons. The fourth-order valence-electron chi connectivity index (χ4n) is 2.01. The number of benzene rings is 1. The molecular weight excluding hydrogens is 242 g/mol. The Labute approximate surface area is 124 Å². The van der Waals surface area contributed by atoms with E-state index in [-0.39, 0.29) is 5.41 Å². The zero-order valence-electron chi connectivity index (χ0n) is 13.9. The summed E-state index contributed by atoms with van der Waals surface area (Å²) in [5, 5.41) is 0. The van der Waals surface area contributed by atoms with E-state index in [0.29, 0.717) is 11.8 Å². The molecule has 0 aromatic heterocycles. The van der Waals surface area contributed by atoms with Gasteiger partial charge in [0.15, 0.2) is 0 Å². The van der Waals surface area contributed by atoms with Gasteiger partial charge >= 0.3 is 0 Å². The molecule has 0 radical (unpaired) electrons. The van der Waals surface area contributed by atoms with Crippen molar-refractivity contribution < 1.29 is 0 Å². The van der Waals surface area contributed by atoms with E-state index in [1.165, 1.54) is 11.1 Å². The fourth-order valence-corrected chi connectivity index (χ4v) is 2.01. The van der Waals surface area contributed by atoms with E-state index in [2.05, 4.69) is 83.5 Å². The Morgan fingerprint density at radius 2 is 1.50 bits per heavy atom. The van der Waals surface area contributed by atoms with Crippen LogP contribution in [-0.4, -0.2) is 6.21 Å².